The van der Waals surface area contributed by atoms with Crippen molar-refractivity contribution in [3.63, 3.8) is 0 Å². The second-order valence-corrected chi connectivity index (χ2v) is 5.15. The van der Waals surface area contributed by atoms with Gasteiger partial charge < -0.3 is 10.4 Å². The molecule has 2 rings (SSSR count). The lowest BCUT2D eigenvalue weighted by molar-refractivity contribution is -0.142. The van der Waals surface area contributed by atoms with Crippen LogP contribution in [0.3, 0.4) is 0 Å². The van der Waals surface area contributed by atoms with Crippen molar-refractivity contribution in [1.29, 1.82) is 0 Å². The maximum absolute atomic E-state index is 13.6. The number of carbonyl (C=O) groups excluding carboxylic acids is 1. The molecule has 2 aromatic rings. The Morgan fingerprint density at radius 2 is 2.00 bits per heavy atom. The van der Waals surface area contributed by atoms with Crippen LogP contribution < -0.4 is 5.32 Å². The summed E-state index contributed by atoms with van der Waals surface area (Å²) in [5, 5.41) is 13.3. The minimum atomic E-state index is -1.39. The van der Waals surface area contributed by atoms with Crippen LogP contribution >= 0.6 is 11.3 Å². The summed E-state index contributed by atoms with van der Waals surface area (Å²) in [6.07, 6.45) is 0.0793. The number of carbonyl (C=O) groups is 2. The Hall–Kier alpha value is -2.21. The number of aliphatic carboxylic acids is 1. The average molecular weight is 293 g/mol. The van der Waals surface area contributed by atoms with Crippen LogP contribution in [0.4, 0.5) is 4.39 Å². The number of benzene rings is 1. The molecule has 0 aliphatic heterocycles. The summed E-state index contributed by atoms with van der Waals surface area (Å²) in [6, 6.07) is 7.70. The van der Waals surface area contributed by atoms with Gasteiger partial charge in [-0.2, -0.15) is 0 Å². The Kier molecular flexibility index (Phi) is 4.47. The SMILES string of the molecule is O=C(Cc1cccs1)N[C@H](C(=O)O)c1ccccc1F. The van der Waals surface area contributed by atoms with Crippen molar-refractivity contribution in [2.24, 2.45) is 0 Å². The number of nitrogens with one attached hydrogen (secondary N) is 1. The molecule has 0 bridgehead atoms. The van der Waals surface area contributed by atoms with Crippen molar-refractivity contribution >= 4 is 23.2 Å². The lowest BCUT2D eigenvalue weighted by atomic mass is 10.1. The molecule has 0 saturated carbocycles. The molecular formula is C14H12FNO3S. The van der Waals surface area contributed by atoms with E-state index in [2.05, 4.69) is 5.32 Å². The van der Waals surface area contributed by atoms with Crippen LogP contribution in [0.15, 0.2) is 41.8 Å². The lowest BCUT2D eigenvalue weighted by Crippen LogP contribution is -2.35. The molecule has 0 radical (unpaired) electrons. The third kappa shape index (κ3) is 3.42. The fraction of sp³-hybridized carbons (Fsp3) is 0.143. The minimum Gasteiger partial charge on any atom is -0.479 e. The minimum absolute atomic E-state index is 0.0560. The van der Waals surface area contributed by atoms with Gasteiger partial charge >= 0.3 is 5.97 Å². The van der Waals surface area contributed by atoms with Crippen LogP contribution in [0.5, 0.6) is 0 Å². The fourth-order valence-corrected chi connectivity index (χ4v) is 2.47. The van der Waals surface area contributed by atoms with E-state index in [1.54, 1.807) is 12.1 Å². The van der Waals surface area contributed by atoms with Crippen LogP contribution in [0, 0.1) is 5.82 Å². The molecule has 2 N–H and O–H groups in total. The van der Waals surface area contributed by atoms with E-state index in [0.29, 0.717) is 0 Å². The van der Waals surface area contributed by atoms with Gasteiger partial charge in [0.25, 0.3) is 0 Å². The van der Waals surface area contributed by atoms with Crippen molar-refractivity contribution in [2.45, 2.75) is 12.5 Å². The number of hydrogen-bond acceptors (Lipinski definition) is 3. The Labute approximate surface area is 118 Å². The summed E-state index contributed by atoms with van der Waals surface area (Å²) in [6.45, 7) is 0. The highest BCUT2D eigenvalue weighted by Gasteiger charge is 2.24. The highest BCUT2D eigenvalue weighted by Crippen LogP contribution is 2.18. The van der Waals surface area contributed by atoms with Crippen LogP contribution in [0.25, 0.3) is 0 Å². The number of carboxylic acid groups (broad SMARTS) is 1. The first-order valence-electron chi connectivity index (χ1n) is 5.87. The van der Waals surface area contributed by atoms with Gasteiger partial charge in [-0.3, -0.25) is 4.79 Å². The maximum Gasteiger partial charge on any atom is 0.331 e. The summed E-state index contributed by atoms with van der Waals surface area (Å²) >= 11 is 1.40. The molecule has 0 fully saturated rings. The zero-order valence-corrected chi connectivity index (χ0v) is 11.2. The highest BCUT2D eigenvalue weighted by atomic mass is 32.1. The van der Waals surface area contributed by atoms with Crippen molar-refractivity contribution in [2.75, 3.05) is 0 Å². The molecular weight excluding hydrogens is 281 g/mol. The van der Waals surface area contributed by atoms with Crippen molar-refractivity contribution in [3.05, 3.63) is 58.0 Å². The van der Waals surface area contributed by atoms with E-state index in [1.807, 2.05) is 5.38 Å². The molecule has 0 spiro atoms. The fourth-order valence-electron chi connectivity index (χ4n) is 1.77. The molecule has 6 heteroatoms. The monoisotopic (exact) mass is 293 g/mol. The van der Waals surface area contributed by atoms with Crippen LogP contribution in [-0.2, 0) is 16.0 Å². The van der Waals surface area contributed by atoms with Crippen molar-refractivity contribution < 1.29 is 19.1 Å². The van der Waals surface area contributed by atoms with Crippen LogP contribution in [-0.4, -0.2) is 17.0 Å². The predicted octanol–water partition coefficient (Wildman–Crippen LogP) is 2.37. The van der Waals surface area contributed by atoms with Crippen molar-refractivity contribution in [3.8, 4) is 0 Å². The van der Waals surface area contributed by atoms with Gasteiger partial charge in [0.15, 0.2) is 6.04 Å². The molecule has 4 nitrogen and oxygen atoms in total. The van der Waals surface area contributed by atoms with E-state index in [9.17, 15) is 14.0 Å². The van der Waals surface area contributed by atoms with Gasteiger partial charge in [-0.1, -0.05) is 24.3 Å². The summed E-state index contributed by atoms with van der Waals surface area (Å²) in [5.74, 6) is -2.41. The Balaban J connectivity index is 2.12. The van der Waals surface area contributed by atoms with Gasteiger partial charge in [-0.25, -0.2) is 9.18 Å². The maximum atomic E-state index is 13.6. The van der Waals surface area contributed by atoms with Gasteiger partial charge in [0.2, 0.25) is 5.91 Å². The van der Waals surface area contributed by atoms with Gasteiger partial charge in [-0.15, -0.1) is 11.3 Å². The largest absolute Gasteiger partial charge is 0.479 e. The number of rotatable bonds is 5. The standard InChI is InChI=1S/C14H12FNO3S/c15-11-6-2-1-5-10(11)13(14(18)19)16-12(17)8-9-4-3-7-20-9/h1-7,13H,8H2,(H,16,17)(H,18,19)/t13-/m0/s1. The smallest absolute Gasteiger partial charge is 0.331 e. The van der Waals surface area contributed by atoms with Crippen LogP contribution in [0.2, 0.25) is 0 Å². The molecule has 0 aliphatic carbocycles. The van der Waals surface area contributed by atoms with E-state index in [0.717, 1.165) is 10.9 Å². The topological polar surface area (TPSA) is 66.4 Å². The lowest BCUT2D eigenvalue weighted by Gasteiger charge is -2.15. The summed E-state index contributed by atoms with van der Waals surface area (Å²) in [7, 11) is 0. The Morgan fingerprint density at radius 3 is 2.60 bits per heavy atom. The van der Waals surface area contributed by atoms with Gasteiger partial charge in [0, 0.05) is 10.4 Å². The Bertz CT molecular complexity index is 613. The molecule has 0 saturated heterocycles. The number of halogens is 1. The second-order valence-electron chi connectivity index (χ2n) is 4.12. The molecule has 1 aromatic heterocycles. The van der Waals surface area contributed by atoms with Gasteiger partial charge in [0.05, 0.1) is 6.42 Å². The molecule has 0 aliphatic rings. The molecule has 1 aromatic carbocycles. The molecule has 104 valence electrons. The van der Waals surface area contributed by atoms with E-state index in [-0.39, 0.29) is 12.0 Å². The van der Waals surface area contributed by atoms with E-state index in [1.165, 1.54) is 29.5 Å². The van der Waals surface area contributed by atoms with Crippen LogP contribution in [0.1, 0.15) is 16.5 Å². The molecule has 1 amide bonds. The zero-order chi connectivity index (χ0) is 14.5. The first-order valence-corrected chi connectivity index (χ1v) is 6.75. The zero-order valence-electron chi connectivity index (χ0n) is 10.4. The summed E-state index contributed by atoms with van der Waals surface area (Å²) < 4.78 is 13.6. The molecule has 1 heterocycles. The molecule has 20 heavy (non-hydrogen) atoms. The van der Waals surface area contributed by atoms with E-state index in [4.69, 9.17) is 5.11 Å². The van der Waals surface area contributed by atoms with E-state index >= 15 is 0 Å². The number of carboxylic acids is 1. The van der Waals surface area contributed by atoms with Gasteiger partial charge in [-0.05, 0) is 17.5 Å². The van der Waals surface area contributed by atoms with Crippen molar-refractivity contribution in [1.82, 2.24) is 5.32 Å². The third-order valence-electron chi connectivity index (χ3n) is 2.68. The highest BCUT2D eigenvalue weighted by molar-refractivity contribution is 7.10. The number of hydrogen-bond donors (Lipinski definition) is 2. The number of thiophene rings is 1. The van der Waals surface area contributed by atoms with Gasteiger partial charge in [0.1, 0.15) is 5.82 Å². The molecule has 0 unspecified atom stereocenters. The Morgan fingerprint density at radius 1 is 1.25 bits per heavy atom. The normalized spacial score (nSPS) is 11.8. The average Bonchev–Trinajstić information content (AvgIpc) is 2.89. The summed E-state index contributed by atoms with van der Waals surface area (Å²) in [5.41, 5.74) is -0.0560. The van der Waals surface area contributed by atoms with E-state index < -0.39 is 23.7 Å². The quantitative estimate of drug-likeness (QED) is 0.889. The first-order chi connectivity index (χ1) is 9.58. The second kappa shape index (κ2) is 6.29. The number of amides is 1. The first kappa shape index (κ1) is 14.2. The summed E-state index contributed by atoms with van der Waals surface area (Å²) in [4.78, 5) is 23.9. The predicted molar refractivity (Wildman–Crippen MR) is 72.9 cm³/mol. The molecule has 1 atom stereocenters. The third-order valence-corrected chi connectivity index (χ3v) is 3.56.